The van der Waals surface area contributed by atoms with E-state index >= 15 is 0 Å². The number of hydrogen-bond donors (Lipinski definition) is 1. The molecule has 1 aliphatic heterocycles. The number of carbonyl (C=O) groups is 2. The monoisotopic (exact) mass is 371 g/mol. The fraction of sp³-hybridized carbons (Fsp3) is 0.467. The second-order valence-electron chi connectivity index (χ2n) is 5.53. The van der Waals surface area contributed by atoms with Crippen molar-refractivity contribution in [3.8, 4) is 0 Å². The minimum Gasteiger partial charge on any atom is -0.352 e. The molecule has 2 atom stereocenters. The van der Waals surface area contributed by atoms with Crippen LogP contribution >= 0.6 is 23.4 Å². The third kappa shape index (κ3) is 3.99. The second-order valence-corrected chi connectivity index (χ2v) is 6.96. The zero-order chi connectivity index (χ0) is 17.9. The van der Waals surface area contributed by atoms with Crippen molar-refractivity contribution in [3.05, 3.63) is 38.9 Å². The number of rotatable bonds is 5. The Hall–Kier alpha value is -1.80. The van der Waals surface area contributed by atoms with Crippen LogP contribution in [-0.4, -0.2) is 45.4 Å². The molecule has 1 aromatic rings. The predicted molar refractivity (Wildman–Crippen MR) is 93.3 cm³/mol. The Labute approximate surface area is 148 Å². The van der Waals surface area contributed by atoms with Crippen molar-refractivity contribution in [2.24, 2.45) is 0 Å². The van der Waals surface area contributed by atoms with Gasteiger partial charge in [0.2, 0.25) is 5.91 Å². The topological polar surface area (TPSA) is 92.6 Å². The molecular formula is C15H18ClN3O4S. The standard InChI is InChI=1S/C15H18ClN3O4S/c1-3-9(2)17-14(20)13-7-24-8-18(13)15(21)11-5-4-10(16)6-12(11)19(22)23/h4-6,9,13H,3,7-8H2,1-2H3,(H,17,20). The highest BCUT2D eigenvalue weighted by Gasteiger charge is 2.37. The van der Waals surface area contributed by atoms with Gasteiger partial charge < -0.3 is 10.2 Å². The molecule has 1 fully saturated rings. The Balaban J connectivity index is 2.25. The molecule has 0 saturated carbocycles. The summed E-state index contributed by atoms with van der Waals surface area (Å²) < 4.78 is 0. The van der Waals surface area contributed by atoms with Gasteiger partial charge in [0.05, 0.1) is 10.8 Å². The van der Waals surface area contributed by atoms with Crippen molar-refractivity contribution >= 4 is 40.9 Å². The van der Waals surface area contributed by atoms with Crippen molar-refractivity contribution in [1.29, 1.82) is 0 Å². The minimum absolute atomic E-state index is 0.00456. The van der Waals surface area contributed by atoms with E-state index < -0.39 is 16.9 Å². The highest BCUT2D eigenvalue weighted by atomic mass is 35.5. The van der Waals surface area contributed by atoms with E-state index in [-0.39, 0.29) is 28.2 Å². The van der Waals surface area contributed by atoms with Gasteiger partial charge in [-0.1, -0.05) is 18.5 Å². The molecule has 24 heavy (non-hydrogen) atoms. The average molecular weight is 372 g/mol. The molecule has 1 saturated heterocycles. The maximum absolute atomic E-state index is 12.7. The Morgan fingerprint density at radius 2 is 2.25 bits per heavy atom. The van der Waals surface area contributed by atoms with Gasteiger partial charge in [-0.3, -0.25) is 19.7 Å². The second kappa shape index (κ2) is 7.85. The molecule has 0 radical (unpaired) electrons. The van der Waals surface area contributed by atoms with Gasteiger partial charge in [0, 0.05) is 22.9 Å². The van der Waals surface area contributed by atoms with Crippen LogP contribution in [0.25, 0.3) is 0 Å². The van der Waals surface area contributed by atoms with E-state index in [1.165, 1.54) is 28.8 Å². The first-order valence-corrected chi connectivity index (χ1v) is 9.01. The molecule has 1 aliphatic rings. The highest BCUT2D eigenvalue weighted by molar-refractivity contribution is 7.99. The van der Waals surface area contributed by atoms with Gasteiger partial charge in [-0.2, -0.15) is 0 Å². The number of nitro benzene ring substituents is 1. The van der Waals surface area contributed by atoms with Crippen LogP contribution < -0.4 is 5.32 Å². The first-order chi connectivity index (χ1) is 11.3. The SMILES string of the molecule is CCC(C)NC(=O)C1CSCN1C(=O)c1ccc(Cl)cc1[N+](=O)[O-]. The van der Waals surface area contributed by atoms with E-state index in [9.17, 15) is 19.7 Å². The maximum Gasteiger partial charge on any atom is 0.283 e. The minimum atomic E-state index is -0.642. The number of thioether (sulfide) groups is 1. The molecule has 0 bridgehead atoms. The summed E-state index contributed by atoms with van der Waals surface area (Å²) in [7, 11) is 0. The van der Waals surface area contributed by atoms with E-state index in [0.717, 1.165) is 12.5 Å². The quantitative estimate of drug-likeness (QED) is 0.634. The van der Waals surface area contributed by atoms with Gasteiger partial charge in [-0.15, -0.1) is 11.8 Å². The van der Waals surface area contributed by atoms with Crippen molar-refractivity contribution in [2.75, 3.05) is 11.6 Å². The Morgan fingerprint density at radius 1 is 1.54 bits per heavy atom. The van der Waals surface area contributed by atoms with Gasteiger partial charge >= 0.3 is 0 Å². The lowest BCUT2D eigenvalue weighted by atomic mass is 10.1. The predicted octanol–water partition coefficient (Wildman–Crippen LogP) is 2.68. The Morgan fingerprint density at radius 3 is 2.88 bits per heavy atom. The normalized spacial score (nSPS) is 18.3. The average Bonchev–Trinajstić information content (AvgIpc) is 3.03. The third-order valence-corrected chi connectivity index (χ3v) is 5.08. The van der Waals surface area contributed by atoms with E-state index in [1.807, 2.05) is 13.8 Å². The van der Waals surface area contributed by atoms with E-state index in [4.69, 9.17) is 11.6 Å². The summed E-state index contributed by atoms with van der Waals surface area (Å²) in [6.45, 7) is 3.84. The molecule has 1 aromatic carbocycles. The molecule has 1 heterocycles. The van der Waals surface area contributed by atoms with Crippen LogP contribution in [0.4, 0.5) is 5.69 Å². The summed E-state index contributed by atoms with van der Waals surface area (Å²) in [5, 5.41) is 14.2. The first kappa shape index (κ1) is 18.5. The summed E-state index contributed by atoms with van der Waals surface area (Å²) in [4.78, 5) is 37.0. The molecule has 2 unspecified atom stereocenters. The number of benzene rings is 1. The molecule has 0 spiro atoms. The number of amides is 2. The van der Waals surface area contributed by atoms with Crippen LogP contribution in [0.2, 0.25) is 5.02 Å². The number of halogens is 1. The molecule has 1 N–H and O–H groups in total. The summed E-state index contributed by atoms with van der Waals surface area (Å²) in [5.41, 5.74) is -0.418. The molecule has 2 rings (SSSR count). The zero-order valence-electron chi connectivity index (χ0n) is 13.3. The largest absolute Gasteiger partial charge is 0.352 e. The Kier molecular flexibility index (Phi) is 6.06. The maximum atomic E-state index is 12.7. The lowest BCUT2D eigenvalue weighted by Crippen LogP contribution is -2.49. The summed E-state index contributed by atoms with van der Waals surface area (Å²) in [6.07, 6.45) is 0.780. The van der Waals surface area contributed by atoms with Crippen molar-refractivity contribution in [3.63, 3.8) is 0 Å². The third-order valence-electron chi connectivity index (χ3n) is 3.83. The molecule has 7 nitrogen and oxygen atoms in total. The van der Waals surface area contributed by atoms with Gasteiger partial charge in [-0.25, -0.2) is 0 Å². The molecule has 0 aromatic heterocycles. The lowest BCUT2D eigenvalue weighted by molar-refractivity contribution is -0.385. The van der Waals surface area contributed by atoms with Gasteiger partial charge in [0.25, 0.3) is 11.6 Å². The number of nitrogens with one attached hydrogen (secondary N) is 1. The van der Waals surface area contributed by atoms with Crippen LogP contribution in [0.15, 0.2) is 18.2 Å². The molecule has 9 heteroatoms. The number of hydrogen-bond acceptors (Lipinski definition) is 5. The van der Waals surface area contributed by atoms with Crippen LogP contribution in [0, 0.1) is 10.1 Å². The first-order valence-electron chi connectivity index (χ1n) is 7.48. The summed E-state index contributed by atoms with van der Waals surface area (Å²) in [5.74, 6) is 0.0130. The summed E-state index contributed by atoms with van der Waals surface area (Å²) in [6, 6.07) is 3.28. The van der Waals surface area contributed by atoms with Crippen LogP contribution in [0.3, 0.4) is 0 Å². The van der Waals surface area contributed by atoms with Crippen LogP contribution in [-0.2, 0) is 4.79 Å². The van der Waals surface area contributed by atoms with Crippen molar-refractivity contribution in [1.82, 2.24) is 10.2 Å². The van der Waals surface area contributed by atoms with Crippen molar-refractivity contribution < 1.29 is 14.5 Å². The fourth-order valence-corrected chi connectivity index (χ4v) is 3.61. The summed E-state index contributed by atoms with van der Waals surface area (Å²) >= 11 is 7.22. The number of carbonyl (C=O) groups excluding carboxylic acids is 2. The molecule has 2 amide bonds. The van der Waals surface area contributed by atoms with Gasteiger partial charge in [0.1, 0.15) is 11.6 Å². The lowest BCUT2D eigenvalue weighted by Gasteiger charge is -2.24. The fourth-order valence-electron chi connectivity index (χ4n) is 2.29. The Bertz CT molecular complexity index is 670. The van der Waals surface area contributed by atoms with E-state index in [0.29, 0.717) is 11.6 Å². The molecule has 0 aliphatic carbocycles. The van der Waals surface area contributed by atoms with Crippen LogP contribution in [0.5, 0.6) is 0 Å². The molecular weight excluding hydrogens is 354 g/mol. The van der Waals surface area contributed by atoms with Crippen LogP contribution in [0.1, 0.15) is 30.6 Å². The van der Waals surface area contributed by atoms with E-state index in [2.05, 4.69) is 5.32 Å². The zero-order valence-corrected chi connectivity index (χ0v) is 14.9. The van der Waals surface area contributed by atoms with E-state index in [1.54, 1.807) is 0 Å². The smallest absolute Gasteiger partial charge is 0.283 e. The number of nitro groups is 1. The number of nitrogens with zero attached hydrogens (tertiary/aromatic N) is 2. The van der Waals surface area contributed by atoms with Gasteiger partial charge in [-0.05, 0) is 25.5 Å². The molecule has 130 valence electrons. The highest BCUT2D eigenvalue weighted by Crippen LogP contribution is 2.29. The van der Waals surface area contributed by atoms with Crippen molar-refractivity contribution in [2.45, 2.75) is 32.4 Å². The van der Waals surface area contributed by atoms with Gasteiger partial charge in [0.15, 0.2) is 0 Å².